The summed E-state index contributed by atoms with van der Waals surface area (Å²) in [5, 5.41) is 13.4. The number of nitrogens with one attached hydrogen (secondary N) is 1. The molecule has 0 aliphatic heterocycles. The van der Waals surface area contributed by atoms with E-state index in [1.165, 1.54) is 0 Å². The van der Waals surface area contributed by atoms with Crippen LogP contribution in [-0.2, 0) is 16.6 Å². The van der Waals surface area contributed by atoms with Gasteiger partial charge in [-0.3, -0.25) is 9.78 Å². The molecule has 0 fully saturated rings. The summed E-state index contributed by atoms with van der Waals surface area (Å²) in [6, 6.07) is 13.8. The maximum atomic E-state index is 12.4. The minimum Gasteiger partial charge on any atom is -0.380 e. The number of pyridine rings is 1. The fraction of sp³-hybridized carbons (Fsp3) is 0.400. The number of nitrogens with zero attached hydrogens (tertiary/aromatic N) is 1. The molecule has 0 aliphatic rings. The molecule has 0 saturated carbocycles. The molecule has 0 saturated heterocycles. The highest BCUT2D eigenvalue weighted by Crippen LogP contribution is 2.22. The number of amides is 1. The molecule has 2 aromatic rings. The summed E-state index contributed by atoms with van der Waals surface area (Å²) in [5.41, 5.74) is 0.600. The highest BCUT2D eigenvalue weighted by atomic mass is 16.3. The second-order valence-corrected chi connectivity index (χ2v) is 7.06. The molecule has 1 amide bonds. The van der Waals surface area contributed by atoms with Crippen molar-refractivity contribution in [3.8, 4) is 0 Å². The molecule has 0 radical (unpaired) electrons. The predicted octanol–water partition coefficient (Wildman–Crippen LogP) is 2.86. The summed E-state index contributed by atoms with van der Waals surface area (Å²) in [6.07, 6.45) is 4.54. The van der Waals surface area contributed by atoms with Crippen LogP contribution < -0.4 is 5.32 Å². The Hall–Kier alpha value is -2.20. The number of rotatable bonds is 7. The summed E-state index contributed by atoms with van der Waals surface area (Å²) in [5.74, 6) is -0.333. The van der Waals surface area contributed by atoms with E-state index in [-0.39, 0.29) is 11.3 Å². The van der Waals surface area contributed by atoms with Crippen LogP contribution in [0.4, 0.5) is 0 Å². The molecule has 4 heteroatoms. The van der Waals surface area contributed by atoms with Crippen molar-refractivity contribution in [3.05, 3.63) is 66.0 Å². The summed E-state index contributed by atoms with van der Waals surface area (Å²) < 4.78 is 0. The van der Waals surface area contributed by atoms with Gasteiger partial charge in [0.1, 0.15) is 5.60 Å². The Balaban J connectivity index is 1.90. The molecule has 1 aromatic heterocycles. The van der Waals surface area contributed by atoms with Crippen molar-refractivity contribution in [2.75, 3.05) is 6.54 Å². The number of aryl methyl sites for hydroxylation is 1. The molecular formula is C20H26N2O2. The molecule has 1 heterocycles. The van der Waals surface area contributed by atoms with Crippen LogP contribution in [0.3, 0.4) is 0 Å². The molecular weight excluding hydrogens is 300 g/mol. The quantitative estimate of drug-likeness (QED) is 0.822. The zero-order valence-corrected chi connectivity index (χ0v) is 14.6. The van der Waals surface area contributed by atoms with Gasteiger partial charge in [-0.2, -0.15) is 0 Å². The third-order valence-electron chi connectivity index (χ3n) is 4.39. The van der Waals surface area contributed by atoms with E-state index >= 15 is 0 Å². The topological polar surface area (TPSA) is 62.2 Å². The maximum absolute atomic E-state index is 12.4. The Morgan fingerprint density at radius 2 is 1.71 bits per heavy atom. The molecule has 1 unspecified atom stereocenters. The summed E-state index contributed by atoms with van der Waals surface area (Å²) >= 11 is 0. The van der Waals surface area contributed by atoms with Gasteiger partial charge in [0.25, 0.3) is 5.91 Å². The number of hydrogen-bond acceptors (Lipinski definition) is 3. The van der Waals surface area contributed by atoms with Gasteiger partial charge in [-0.15, -0.1) is 0 Å². The molecule has 128 valence electrons. The monoisotopic (exact) mass is 326 g/mol. The van der Waals surface area contributed by atoms with Gasteiger partial charge in [0.2, 0.25) is 0 Å². The SMILES string of the molecule is CC(O)(CCc1ccccc1)C(=O)NCC(C)(C)c1ccncc1. The van der Waals surface area contributed by atoms with Crippen LogP contribution in [0.1, 0.15) is 38.3 Å². The highest BCUT2D eigenvalue weighted by molar-refractivity contribution is 5.84. The molecule has 1 atom stereocenters. The zero-order valence-electron chi connectivity index (χ0n) is 14.6. The van der Waals surface area contributed by atoms with Crippen LogP contribution in [0.25, 0.3) is 0 Å². The molecule has 1 aromatic carbocycles. The first-order chi connectivity index (χ1) is 11.3. The summed E-state index contributed by atoms with van der Waals surface area (Å²) in [4.78, 5) is 16.4. The van der Waals surface area contributed by atoms with E-state index in [1.54, 1.807) is 19.3 Å². The Morgan fingerprint density at radius 3 is 2.33 bits per heavy atom. The van der Waals surface area contributed by atoms with Crippen LogP contribution in [0.15, 0.2) is 54.9 Å². The molecule has 0 aliphatic carbocycles. The number of benzene rings is 1. The van der Waals surface area contributed by atoms with Gasteiger partial charge in [0, 0.05) is 24.4 Å². The second kappa shape index (κ2) is 7.58. The molecule has 0 bridgehead atoms. The van der Waals surface area contributed by atoms with Crippen molar-refractivity contribution >= 4 is 5.91 Å². The van der Waals surface area contributed by atoms with Crippen LogP contribution in [-0.4, -0.2) is 28.1 Å². The van der Waals surface area contributed by atoms with Gasteiger partial charge >= 0.3 is 0 Å². The van der Waals surface area contributed by atoms with E-state index in [2.05, 4.69) is 24.1 Å². The third-order valence-corrected chi connectivity index (χ3v) is 4.39. The molecule has 4 nitrogen and oxygen atoms in total. The first-order valence-corrected chi connectivity index (χ1v) is 8.26. The minimum atomic E-state index is -1.38. The van der Waals surface area contributed by atoms with E-state index in [1.807, 2.05) is 42.5 Å². The third kappa shape index (κ3) is 4.90. The Labute approximate surface area is 143 Å². The maximum Gasteiger partial charge on any atom is 0.251 e. The van der Waals surface area contributed by atoms with Crippen LogP contribution in [0.2, 0.25) is 0 Å². The highest BCUT2D eigenvalue weighted by Gasteiger charge is 2.31. The molecule has 24 heavy (non-hydrogen) atoms. The van der Waals surface area contributed by atoms with E-state index in [4.69, 9.17) is 0 Å². The lowest BCUT2D eigenvalue weighted by atomic mass is 9.85. The number of carbonyl (C=O) groups is 1. The molecule has 2 N–H and O–H groups in total. The molecule has 0 spiro atoms. The van der Waals surface area contributed by atoms with E-state index in [0.29, 0.717) is 19.4 Å². The lowest BCUT2D eigenvalue weighted by Crippen LogP contribution is -2.48. The minimum absolute atomic E-state index is 0.228. The Bertz CT molecular complexity index is 652. The zero-order chi connectivity index (χ0) is 17.6. The predicted molar refractivity (Wildman–Crippen MR) is 95.7 cm³/mol. The van der Waals surface area contributed by atoms with Gasteiger partial charge in [-0.05, 0) is 43.0 Å². The van der Waals surface area contributed by atoms with Crippen molar-refractivity contribution in [3.63, 3.8) is 0 Å². The Kier molecular flexibility index (Phi) is 5.73. The fourth-order valence-electron chi connectivity index (χ4n) is 2.54. The van der Waals surface area contributed by atoms with Gasteiger partial charge in [-0.1, -0.05) is 44.2 Å². The van der Waals surface area contributed by atoms with Crippen molar-refractivity contribution < 1.29 is 9.90 Å². The van der Waals surface area contributed by atoms with Gasteiger partial charge in [0.05, 0.1) is 0 Å². The smallest absolute Gasteiger partial charge is 0.251 e. The van der Waals surface area contributed by atoms with E-state index < -0.39 is 5.60 Å². The normalized spacial score (nSPS) is 14.0. The van der Waals surface area contributed by atoms with Gasteiger partial charge in [0.15, 0.2) is 0 Å². The lowest BCUT2D eigenvalue weighted by molar-refractivity contribution is -0.138. The van der Waals surface area contributed by atoms with E-state index in [9.17, 15) is 9.90 Å². The van der Waals surface area contributed by atoms with Crippen LogP contribution >= 0.6 is 0 Å². The first-order valence-electron chi connectivity index (χ1n) is 8.26. The average molecular weight is 326 g/mol. The van der Waals surface area contributed by atoms with Gasteiger partial charge in [-0.25, -0.2) is 0 Å². The van der Waals surface area contributed by atoms with Gasteiger partial charge < -0.3 is 10.4 Å². The second-order valence-electron chi connectivity index (χ2n) is 7.06. The van der Waals surface area contributed by atoms with Crippen molar-refractivity contribution in [1.82, 2.24) is 10.3 Å². The lowest BCUT2D eigenvalue weighted by Gasteiger charge is -2.28. The number of aliphatic hydroxyl groups is 1. The summed E-state index contributed by atoms with van der Waals surface area (Å²) in [7, 11) is 0. The first kappa shape index (κ1) is 18.1. The van der Waals surface area contributed by atoms with Crippen LogP contribution in [0.5, 0.6) is 0 Å². The van der Waals surface area contributed by atoms with E-state index in [0.717, 1.165) is 11.1 Å². The molecule has 2 rings (SSSR count). The van der Waals surface area contributed by atoms with Crippen LogP contribution in [0, 0.1) is 0 Å². The van der Waals surface area contributed by atoms with Crippen molar-refractivity contribution in [1.29, 1.82) is 0 Å². The average Bonchev–Trinajstić information content (AvgIpc) is 2.59. The largest absolute Gasteiger partial charge is 0.380 e. The van der Waals surface area contributed by atoms with Crippen molar-refractivity contribution in [2.45, 2.75) is 44.6 Å². The number of aromatic nitrogens is 1. The van der Waals surface area contributed by atoms with Crippen molar-refractivity contribution in [2.24, 2.45) is 0 Å². The fourth-order valence-corrected chi connectivity index (χ4v) is 2.54. The summed E-state index contributed by atoms with van der Waals surface area (Å²) in [6.45, 7) is 6.14. The Morgan fingerprint density at radius 1 is 1.08 bits per heavy atom. The number of carbonyl (C=O) groups excluding carboxylic acids is 1. The standard InChI is InChI=1S/C20H26N2O2/c1-19(2,17-10-13-21-14-11-17)15-22-18(23)20(3,24)12-9-16-7-5-4-6-8-16/h4-8,10-11,13-14,24H,9,12,15H2,1-3H3,(H,22,23). The number of hydrogen-bond donors (Lipinski definition) is 2.